The Balaban J connectivity index is 1.18. The Kier molecular flexibility index (Phi) is 5.40. The average molecular weight is 499 g/mol. The predicted molar refractivity (Wildman–Crippen MR) is 132 cm³/mol. The Morgan fingerprint density at radius 3 is 2.65 bits per heavy atom. The number of rotatable bonds is 6. The number of benzene rings is 1. The fraction of sp³-hybridized carbons (Fsp3) is 0.320. The van der Waals surface area contributed by atoms with E-state index in [1.807, 2.05) is 24.1 Å². The molecule has 1 aliphatic heterocycles. The molecule has 3 aromatic heterocycles. The van der Waals surface area contributed by atoms with E-state index in [-0.39, 0.29) is 17.2 Å². The molecule has 0 N–H and O–H groups in total. The molecule has 2 aliphatic rings. The lowest BCUT2D eigenvalue weighted by atomic mass is 10.1. The van der Waals surface area contributed by atoms with Crippen LogP contribution in [-0.2, 0) is 13.6 Å². The zero-order chi connectivity index (χ0) is 25.7. The van der Waals surface area contributed by atoms with E-state index >= 15 is 0 Å². The first-order valence-electron chi connectivity index (χ1n) is 11.9. The summed E-state index contributed by atoms with van der Waals surface area (Å²) in [5.74, 6) is 1.41. The standard InChI is InChI=1S/C25H23FN10O/c1-33-22(37)9-21(17-7-8-28-11-20(17)26)29-24(33)34(2)23-18-13-35(14-19(18)23)25-30-31-32-36(25)12-16-5-3-15(10-27)4-6-16/h3-9,11,18-19,23H,12-14H2,1-2H3/t18-,19+,23?. The lowest BCUT2D eigenvalue weighted by Crippen LogP contribution is -2.37. The van der Waals surface area contributed by atoms with Crippen molar-refractivity contribution >= 4 is 11.9 Å². The van der Waals surface area contributed by atoms with Gasteiger partial charge < -0.3 is 9.80 Å². The summed E-state index contributed by atoms with van der Waals surface area (Å²) in [5.41, 5.74) is 1.90. The van der Waals surface area contributed by atoms with Crippen LogP contribution in [0.4, 0.5) is 16.3 Å². The molecule has 4 aromatic rings. The van der Waals surface area contributed by atoms with Crippen molar-refractivity contribution in [1.29, 1.82) is 5.26 Å². The monoisotopic (exact) mass is 498 g/mol. The maximum atomic E-state index is 14.3. The largest absolute Gasteiger partial charge is 0.342 e. The second kappa shape index (κ2) is 8.77. The smallest absolute Gasteiger partial charge is 0.255 e. The minimum atomic E-state index is -0.519. The van der Waals surface area contributed by atoms with Crippen LogP contribution < -0.4 is 15.4 Å². The number of nitriles is 1. The molecule has 1 saturated heterocycles. The van der Waals surface area contributed by atoms with Gasteiger partial charge in [0.1, 0.15) is 0 Å². The van der Waals surface area contributed by atoms with Gasteiger partial charge in [-0.1, -0.05) is 17.2 Å². The van der Waals surface area contributed by atoms with E-state index < -0.39 is 5.82 Å². The Morgan fingerprint density at radius 2 is 1.95 bits per heavy atom. The molecule has 6 rings (SSSR count). The number of hydrogen-bond acceptors (Lipinski definition) is 9. The third-order valence-electron chi connectivity index (χ3n) is 7.28. The second-order valence-electron chi connectivity index (χ2n) is 9.47. The van der Waals surface area contributed by atoms with E-state index in [4.69, 9.17) is 5.26 Å². The average Bonchev–Trinajstić information content (AvgIpc) is 3.21. The maximum Gasteiger partial charge on any atom is 0.255 e. The van der Waals surface area contributed by atoms with Crippen LogP contribution in [0.15, 0.2) is 53.6 Å². The van der Waals surface area contributed by atoms with Gasteiger partial charge in [0.05, 0.1) is 30.1 Å². The molecular weight excluding hydrogens is 475 g/mol. The molecule has 1 unspecified atom stereocenters. The van der Waals surface area contributed by atoms with Gasteiger partial charge in [-0.2, -0.15) is 5.26 Å². The van der Waals surface area contributed by atoms with E-state index in [9.17, 15) is 9.18 Å². The van der Waals surface area contributed by atoms with Crippen molar-refractivity contribution in [2.45, 2.75) is 12.6 Å². The number of pyridine rings is 1. The fourth-order valence-corrected chi connectivity index (χ4v) is 5.32. The molecule has 0 bridgehead atoms. The summed E-state index contributed by atoms with van der Waals surface area (Å²) in [4.78, 5) is 25.3. The molecule has 2 fully saturated rings. The highest BCUT2D eigenvalue weighted by Crippen LogP contribution is 2.50. The summed E-state index contributed by atoms with van der Waals surface area (Å²) >= 11 is 0. The number of halogens is 1. The third kappa shape index (κ3) is 3.98. The van der Waals surface area contributed by atoms with Gasteiger partial charge in [-0.15, -0.1) is 0 Å². The minimum absolute atomic E-state index is 0.203. The van der Waals surface area contributed by atoms with Gasteiger partial charge in [-0.25, -0.2) is 14.1 Å². The van der Waals surface area contributed by atoms with Gasteiger partial charge in [0.15, 0.2) is 5.82 Å². The van der Waals surface area contributed by atoms with Gasteiger partial charge in [0.25, 0.3) is 5.56 Å². The van der Waals surface area contributed by atoms with Gasteiger partial charge in [-0.3, -0.25) is 14.3 Å². The van der Waals surface area contributed by atoms with Crippen molar-refractivity contribution in [3.8, 4) is 17.3 Å². The number of hydrogen-bond donors (Lipinski definition) is 0. The zero-order valence-electron chi connectivity index (χ0n) is 20.2. The molecule has 37 heavy (non-hydrogen) atoms. The number of nitrogens with zero attached hydrogens (tertiary/aromatic N) is 10. The quantitative estimate of drug-likeness (QED) is 0.389. The number of aromatic nitrogens is 7. The molecule has 1 aromatic carbocycles. The molecule has 186 valence electrons. The molecule has 3 atom stereocenters. The molecule has 11 nitrogen and oxygen atoms in total. The van der Waals surface area contributed by atoms with Crippen LogP contribution >= 0.6 is 0 Å². The summed E-state index contributed by atoms with van der Waals surface area (Å²) in [6, 6.07) is 12.6. The van der Waals surface area contributed by atoms with E-state index in [0.717, 1.165) is 24.8 Å². The lowest BCUT2D eigenvalue weighted by molar-refractivity contribution is 0.616. The van der Waals surface area contributed by atoms with Crippen molar-refractivity contribution < 1.29 is 4.39 Å². The fourth-order valence-electron chi connectivity index (χ4n) is 5.32. The van der Waals surface area contributed by atoms with Crippen molar-refractivity contribution in [1.82, 2.24) is 34.7 Å². The first-order valence-corrected chi connectivity index (χ1v) is 11.9. The molecule has 0 radical (unpaired) electrons. The number of piperidine rings is 1. The summed E-state index contributed by atoms with van der Waals surface area (Å²) in [6.45, 7) is 2.06. The molecule has 1 aliphatic carbocycles. The van der Waals surface area contributed by atoms with Crippen LogP contribution in [0.25, 0.3) is 11.3 Å². The third-order valence-corrected chi connectivity index (χ3v) is 7.28. The van der Waals surface area contributed by atoms with Crippen LogP contribution in [0.1, 0.15) is 11.1 Å². The molecule has 4 heterocycles. The first-order chi connectivity index (χ1) is 17.9. The Labute approximate surface area is 211 Å². The van der Waals surface area contributed by atoms with Gasteiger partial charge in [0, 0.05) is 62.9 Å². The SMILES string of the molecule is CN(c1nc(-c2ccncc2F)cc(=O)n1C)C1[C@H]2CN(c3nnnn3Cc3ccc(C#N)cc3)C[C@@H]12. The van der Waals surface area contributed by atoms with Crippen molar-refractivity contribution in [3.05, 3.63) is 76.1 Å². The lowest BCUT2D eigenvalue weighted by Gasteiger charge is -2.26. The van der Waals surface area contributed by atoms with E-state index in [0.29, 0.717) is 41.5 Å². The minimum Gasteiger partial charge on any atom is -0.342 e. The molecule has 0 spiro atoms. The normalized spacial score (nSPS) is 19.9. The first kappa shape index (κ1) is 22.8. The summed E-state index contributed by atoms with van der Waals surface area (Å²) < 4.78 is 17.6. The van der Waals surface area contributed by atoms with Crippen LogP contribution in [0.2, 0.25) is 0 Å². The van der Waals surface area contributed by atoms with Gasteiger partial charge in [-0.05, 0) is 34.2 Å². The van der Waals surface area contributed by atoms with Crippen LogP contribution in [0.3, 0.4) is 0 Å². The summed E-state index contributed by atoms with van der Waals surface area (Å²) in [6.07, 6.45) is 2.60. The van der Waals surface area contributed by atoms with E-state index in [1.165, 1.54) is 22.9 Å². The van der Waals surface area contributed by atoms with Gasteiger partial charge in [0.2, 0.25) is 11.9 Å². The highest BCUT2D eigenvalue weighted by molar-refractivity contribution is 5.60. The Morgan fingerprint density at radius 1 is 1.19 bits per heavy atom. The highest BCUT2D eigenvalue weighted by atomic mass is 19.1. The molecule has 12 heteroatoms. The molecule has 1 saturated carbocycles. The Bertz CT molecular complexity index is 1560. The molecule has 0 amide bonds. The highest BCUT2D eigenvalue weighted by Gasteiger charge is 2.59. The number of fused-ring (bicyclic) bond motifs is 1. The van der Waals surface area contributed by atoms with Crippen molar-refractivity contribution in [2.24, 2.45) is 18.9 Å². The van der Waals surface area contributed by atoms with Crippen molar-refractivity contribution in [3.63, 3.8) is 0 Å². The van der Waals surface area contributed by atoms with Crippen molar-refractivity contribution in [2.75, 3.05) is 29.9 Å². The van der Waals surface area contributed by atoms with E-state index in [2.05, 4.69) is 36.5 Å². The number of tetrazole rings is 1. The van der Waals surface area contributed by atoms with Crippen LogP contribution in [-0.4, -0.2) is 60.9 Å². The topological polar surface area (TPSA) is 122 Å². The number of anilines is 2. The Hall–Kier alpha value is -4.66. The molecular formula is C25H23FN10O. The summed E-state index contributed by atoms with van der Waals surface area (Å²) in [5, 5.41) is 21.3. The van der Waals surface area contributed by atoms with Crippen LogP contribution in [0, 0.1) is 29.0 Å². The van der Waals surface area contributed by atoms with E-state index in [1.54, 1.807) is 23.9 Å². The second-order valence-corrected chi connectivity index (χ2v) is 9.47. The van der Waals surface area contributed by atoms with Gasteiger partial charge >= 0.3 is 0 Å². The summed E-state index contributed by atoms with van der Waals surface area (Å²) in [7, 11) is 3.60. The maximum absolute atomic E-state index is 14.3. The van der Waals surface area contributed by atoms with Crippen LogP contribution in [0.5, 0.6) is 0 Å². The zero-order valence-corrected chi connectivity index (χ0v) is 20.2. The predicted octanol–water partition coefficient (Wildman–Crippen LogP) is 1.46.